The Morgan fingerprint density at radius 3 is 3.13 bits per heavy atom. The first-order valence-corrected chi connectivity index (χ1v) is 4.65. The van der Waals surface area contributed by atoms with Crippen molar-refractivity contribution in [1.29, 1.82) is 0 Å². The van der Waals surface area contributed by atoms with Crippen molar-refractivity contribution >= 4 is 11.9 Å². The highest BCUT2D eigenvalue weighted by Crippen LogP contribution is 2.00. The van der Waals surface area contributed by atoms with Crippen LogP contribution in [0.3, 0.4) is 0 Å². The van der Waals surface area contributed by atoms with Gasteiger partial charge >= 0.3 is 5.97 Å². The van der Waals surface area contributed by atoms with Crippen LogP contribution in [0.2, 0.25) is 0 Å². The smallest absolute Gasteiger partial charge is 0.354 e. The lowest BCUT2D eigenvalue weighted by Crippen LogP contribution is -2.08. The summed E-state index contributed by atoms with van der Waals surface area (Å²) in [5.74, 6) is -0.701. The number of carbonyl (C=O) groups is 1. The summed E-state index contributed by atoms with van der Waals surface area (Å²) in [5.41, 5.74) is -0.00136. The fraction of sp³-hybridized carbons (Fsp3) is 0.300. The van der Waals surface area contributed by atoms with Crippen molar-refractivity contribution in [2.24, 2.45) is 0 Å². The molecule has 0 atom stereocenters. The van der Waals surface area contributed by atoms with E-state index in [1.54, 1.807) is 0 Å². The Morgan fingerprint density at radius 2 is 2.47 bits per heavy atom. The average molecular weight is 207 g/mol. The molecule has 1 heterocycles. The van der Waals surface area contributed by atoms with Gasteiger partial charge < -0.3 is 10.4 Å². The van der Waals surface area contributed by atoms with Crippen LogP contribution in [0.25, 0.3) is 0 Å². The molecule has 0 unspecified atom stereocenters. The minimum atomic E-state index is -1.05. The quantitative estimate of drug-likeness (QED) is 0.566. The van der Waals surface area contributed by atoms with E-state index in [1.807, 2.05) is 19.1 Å². The Morgan fingerprint density at radius 1 is 1.67 bits per heavy atom. The van der Waals surface area contributed by atoms with Crippen LogP contribution in [-0.2, 0) is 0 Å². The van der Waals surface area contributed by atoms with Crippen molar-refractivity contribution in [2.75, 3.05) is 11.9 Å². The molecule has 2 N–H and O–H groups in total. The lowest BCUT2D eigenvalue weighted by Gasteiger charge is -2.02. The molecule has 0 bridgehead atoms. The molecule has 5 heteroatoms. The van der Waals surface area contributed by atoms with Gasteiger partial charge in [0.25, 0.3) is 0 Å². The van der Waals surface area contributed by atoms with Gasteiger partial charge in [-0.05, 0) is 19.4 Å². The fourth-order valence-corrected chi connectivity index (χ4v) is 0.997. The van der Waals surface area contributed by atoms with Crippen molar-refractivity contribution in [2.45, 2.75) is 13.3 Å². The van der Waals surface area contributed by atoms with Crippen LogP contribution in [0.15, 0.2) is 24.4 Å². The van der Waals surface area contributed by atoms with Gasteiger partial charge in [-0.2, -0.15) is 0 Å². The van der Waals surface area contributed by atoms with Gasteiger partial charge in [0.05, 0.1) is 0 Å². The predicted molar refractivity (Wildman–Crippen MR) is 56.9 cm³/mol. The molecule has 0 radical (unpaired) electrons. The lowest BCUT2D eigenvalue weighted by atomic mass is 10.4. The number of nitrogens with one attached hydrogen (secondary N) is 1. The normalized spacial score (nSPS) is 10.5. The highest BCUT2D eigenvalue weighted by atomic mass is 16.4. The number of rotatable bonds is 5. The second kappa shape index (κ2) is 5.74. The summed E-state index contributed by atoms with van der Waals surface area (Å²) in [6, 6.07) is 1.36. The Bertz CT molecular complexity index is 363. The summed E-state index contributed by atoms with van der Waals surface area (Å²) in [5, 5.41) is 11.6. The van der Waals surface area contributed by atoms with Crippen LogP contribution in [0, 0.1) is 0 Å². The molecular formula is C10H13N3O2. The van der Waals surface area contributed by atoms with Gasteiger partial charge in [0.2, 0.25) is 5.95 Å². The highest BCUT2D eigenvalue weighted by molar-refractivity contribution is 5.85. The molecule has 0 amide bonds. The number of nitrogens with zero attached hydrogens (tertiary/aromatic N) is 2. The molecule has 1 aromatic rings. The molecule has 5 nitrogen and oxygen atoms in total. The molecule has 0 aliphatic heterocycles. The van der Waals surface area contributed by atoms with E-state index in [9.17, 15) is 4.79 Å². The first-order chi connectivity index (χ1) is 7.24. The zero-order chi connectivity index (χ0) is 11.1. The largest absolute Gasteiger partial charge is 0.477 e. The number of aromatic carboxylic acids is 1. The van der Waals surface area contributed by atoms with Crippen LogP contribution >= 0.6 is 0 Å². The number of carboxylic acid groups (broad SMARTS) is 1. The van der Waals surface area contributed by atoms with E-state index in [4.69, 9.17) is 5.11 Å². The molecular weight excluding hydrogens is 194 g/mol. The Labute approximate surface area is 87.9 Å². The number of hydrogen-bond donors (Lipinski definition) is 2. The molecule has 0 aromatic carbocycles. The van der Waals surface area contributed by atoms with Gasteiger partial charge in [-0.25, -0.2) is 14.8 Å². The van der Waals surface area contributed by atoms with E-state index in [-0.39, 0.29) is 5.69 Å². The number of carboxylic acids is 1. The zero-order valence-electron chi connectivity index (χ0n) is 8.47. The Kier molecular flexibility index (Phi) is 4.28. The average Bonchev–Trinajstić information content (AvgIpc) is 2.25. The number of allylic oxidation sites excluding steroid dienone is 1. The third-order valence-electron chi connectivity index (χ3n) is 1.70. The lowest BCUT2D eigenvalue weighted by molar-refractivity contribution is 0.0690. The monoisotopic (exact) mass is 207 g/mol. The SMILES string of the molecule is C/C=C/CCNc1nccc(C(=O)O)n1. The number of aromatic nitrogens is 2. The van der Waals surface area contributed by atoms with Crippen molar-refractivity contribution in [3.05, 3.63) is 30.1 Å². The maximum Gasteiger partial charge on any atom is 0.354 e. The maximum atomic E-state index is 10.6. The molecule has 0 aliphatic carbocycles. The molecule has 15 heavy (non-hydrogen) atoms. The van der Waals surface area contributed by atoms with Gasteiger partial charge in [-0.15, -0.1) is 0 Å². The fourth-order valence-electron chi connectivity index (χ4n) is 0.997. The molecule has 1 rings (SSSR count). The van der Waals surface area contributed by atoms with Crippen LogP contribution in [0.4, 0.5) is 5.95 Å². The first kappa shape index (κ1) is 11.2. The summed E-state index contributed by atoms with van der Waals surface area (Å²) in [6.07, 6.45) is 6.25. The van der Waals surface area contributed by atoms with E-state index in [0.29, 0.717) is 12.5 Å². The summed E-state index contributed by atoms with van der Waals surface area (Å²) >= 11 is 0. The highest BCUT2D eigenvalue weighted by Gasteiger charge is 2.04. The third kappa shape index (κ3) is 3.76. The van der Waals surface area contributed by atoms with Gasteiger partial charge in [0.1, 0.15) is 0 Å². The second-order valence-electron chi connectivity index (χ2n) is 2.86. The molecule has 1 aromatic heterocycles. The van der Waals surface area contributed by atoms with Crippen molar-refractivity contribution < 1.29 is 9.90 Å². The number of hydrogen-bond acceptors (Lipinski definition) is 4. The zero-order valence-corrected chi connectivity index (χ0v) is 8.47. The van der Waals surface area contributed by atoms with Crippen molar-refractivity contribution in [1.82, 2.24) is 9.97 Å². The van der Waals surface area contributed by atoms with Crippen LogP contribution in [-0.4, -0.2) is 27.6 Å². The van der Waals surface area contributed by atoms with Crippen LogP contribution in [0.1, 0.15) is 23.8 Å². The van der Waals surface area contributed by atoms with E-state index >= 15 is 0 Å². The summed E-state index contributed by atoms with van der Waals surface area (Å²) in [7, 11) is 0. The van der Waals surface area contributed by atoms with Crippen molar-refractivity contribution in [3.63, 3.8) is 0 Å². The molecule has 0 fully saturated rings. The van der Waals surface area contributed by atoms with Crippen LogP contribution in [0.5, 0.6) is 0 Å². The van der Waals surface area contributed by atoms with Crippen LogP contribution < -0.4 is 5.32 Å². The maximum absolute atomic E-state index is 10.6. The topological polar surface area (TPSA) is 75.1 Å². The van der Waals surface area contributed by atoms with E-state index in [2.05, 4.69) is 15.3 Å². The first-order valence-electron chi connectivity index (χ1n) is 4.65. The molecule has 80 valence electrons. The van der Waals surface area contributed by atoms with Gasteiger partial charge in [0.15, 0.2) is 5.69 Å². The third-order valence-corrected chi connectivity index (χ3v) is 1.70. The Hall–Kier alpha value is -1.91. The van der Waals surface area contributed by atoms with Gasteiger partial charge in [-0.1, -0.05) is 12.2 Å². The van der Waals surface area contributed by atoms with E-state index < -0.39 is 5.97 Å². The minimum Gasteiger partial charge on any atom is -0.477 e. The summed E-state index contributed by atoms with van der Waals surface area (Å²) in [4.78, 5) is 18.3. The second-order valence-corrected chi connectivity index (χ2v) is 2.86. The summed E-state index contributed by atoms with van der Waals surface area (Å²) in [6.45, 7) is 2.63. The molecule has 0 saturated carbocycles. The van der Waals surface area contributed by atoms with E-state index in [1.165, 1.54) is 12.3 Å². The number of anilines is 1. The minimum absolute atomic E-state index is 0.00136. The predicted octanol–water partition coefficient (Wildman–Crippen LogP) is 1.55. The van der Waals surface area contributed by atoms with E-state index in [0.717, 1.165) is 6.42 Å². The molecule has 0 saturated heterocycles. The Balaban J connectivity index is 2.54. The molecule has 0 aliphatic rings. The molecule has 0 spiro atoms. The standard InChI is InChI=1S/C10H13N3O2/c1-2-3-4-6-11-10-12-7-5-8(13-10)9(14)15/h2-3,5,7H,4,6H2,1H3,(H,14,15)(H,11,12,13)/b3-2+. The van der Waals surface area contributed by atoms with Gasteiger partial charge in [0, 0.05) is 12.7 Å². The summed E-state index contributed by atoms with van der Waals surface area (Å²) < 4.78 is 0. The van der Waals surface area contributed by atoms with Gasteiger partial charge in [-0.3, -0.25) is 0 Å². The van der Waals surface area contributed by atoms with Crippen molar-refractivity contribution in [3.8, 4) is 0 Å².